The van der Waals surface area contributed by atoms with Crippen molar-refractivity contribution in [3.63, 3.8) is 0 Å². The minimum Gasteiger partial charge on any atom is -0.361 e. The molecule has 1 fully saturated rings. The normalized spacial score (nSPS) is 19.8. The van der Waals surface area contributed by atoms with Crippen LogP contribution in [-0.2, 0) is 11.2 Å². The van der Waals surface area contributed by atoms with Crippen molar-refractivity contribution in [2.75, 3.05) is 31.1 Å². The molecule has 0 bridgehead atoms. The second-order valence-corrected chi connectivity index (χ2v) is 8.37. The van der Waals surface area contributed by atoms with Gasteiger partial charge in [0.25, 0.3) is 5.91 Å². The number of piperidine rings is 1. The summed E-state index contributed by atoms with van der Waals surface area (Å²) in [6.07, 6.45) is 8.19. The van der Waals surface area contributed by atoms with Crippen LogP contribution in [-0.4, -0.2) is 56.4 Å². The third-order valence-electron chi connectivity index (χ3n) is 6.04. The lowest BCUT2D eigenvalue weighted by atomic mass is 9.98. The van der Waals surface area contributed by atoms with Crippen LogP contribution >= 0.6 is 0 Å². The van der Waals surface area contributed by atoms with Crippen LogP contribution in [0, 0.1) is 17.2 Å². The van der Waals surface area contributed by atoms with Crippen molar-refractivity contribution in [1.82, 2.24) is 10.6 Å². The van der Waals surface area contributed by atoms with Crippen LogP contribution in [0.1, 0.15) is 38.7 Å². The van der Waals surface area contributed by atoms with Gasteiger partial charge in [-0.15, -0.1) is 0 Å². The van der Waals surface area contributed by atoms with Crippen LogP contribution in [0.2, 0.25) is 0 Å². The molecule has 0 spiro atoms. The van der Waals surface area contributed by atoms with Crippen LogP contribution in [0.15, 0.2) is 51.1 Å². The van der Waals surface area contributed by atoms with Gasteiger partial charge in [-0.25, -0.2) is 9.98 Å². The molecule has 1 amide bonds. The van der Waals surface area contributed by atoms with Crippen molar-refractivity contribution in [3.8, 4) is 6.07 Å². The number of rotatable bonds is 9. The monoisotopic (exact) mass is 447 g/mol. The topological polar surface area (TPSA) is 105 Å². The van der Waals surface area contributed by atoms with Crippen LogP contribution in [0.25, 0.3) is 0 Å². The number of carbonyl (C=O) groups excluding carboxylic acids is 1. The zero-order valence-electron chi connectivity index (χ0n) is 19.5. The van der Waals surface area contributed by atoms with Crippen LogP contribution in [0.4, 0.5) is 5.69 Å². The van der Waals surface area contributed by atoms with Crippen molar-refractivity contribution in [2.24, 2.45) is 20.9 Å². The second kappa shape index (κ2) is 12.7. The van der Waals surface area contributed by atoms with E-state index in [9.17, 15) is 10.1 Å². The van der Waals surface area contributed by atoms with E-state index in [1.54, 1.807) is 19.3 Å². The van der Waals surface area contributed by atoms with Gasteiger partial charge in [0.2, 0.25) is 0 Å². The molecule has 2 heterocycles. The van der Waals surface area contributed by atoms with E-state index < -0.39 is 0 Å². The molecule has 0 radical (unpaired) electrons. The highest BCUT2D eigenvalue weighted by molar-refractivity contribution is 6.38. The summed E-state index contributed by atoms with van der Waals surface area (Å²) in [5, 5.41) is 15.6. The number of carbonyl (C=O) groups is 1. The van der Waals surface area contributed by atoms with Gasteiger partial charge in [0.1, 0.15) is 12.1 Å². The number of hydrogen-bond donors (Lipinski definition) is 2. The first-order chi connectivity index (χ1) is 16.1. The first-order valence-corrected chi connectivity index (χ1v) is 11.6. The third kappa shape index (κ3) is 7.09. The van der Waals surface area contributed by atoms with Gasteiger partial charge in [-0.3, -0.25) is 9.79 Å². The summed E-state index contributed by atoms with van der Waals surface area (Å²) in [5.41, 5.74) is 3.40. The molecule has 1 aromatic rings. The van der Waals surface area contributed by atoms with Gasteiger partial charge in [0.05, 0.1) is 30.9 Å². The number of anilines is 1. The molecule has 174 valence electrons. The number of para-hydroxylation sites is 1. The SMILES string of the molecule is C/C=N/C=N\C(=C\N=C(/C)C(=O)NCC1CCNCC1)CN1c2ccccc2CC1CC#N. The zero-order valence-corrected chi connectivity index (χ0v) is 19.5. The number of fused-ring (bicyclic) bond motifs is 1. The number of nitrogens with one attached hydrogen (secondary N) is 2. The molecule has 1 unspecified atom stereocenters. The number of aliphatic imine (C=N–C) groups is 3. The van der Waals surface area contributed by atoms with E-state index in [-0.39, 0.29) is 11.9 Å². The average molecular weight is 448 g/mol. The Labute approximate surface area is 196 Å². The van der Waals surface area contributed by atoms with E-state index in [2.05, 4.69) is 48.7 Å². The Bertz CT molecular complexity index is 967. The van der Waals surface area contributed by atoms with E-state index in [0.29, 0.717) is 36.8 Å². The first-order valence-electron chi connectivity index (χ1n) is 11.6. The number of hydrogen-bond acceptors (Lipinski definition) is 6. The van der Waals surface area contributed by atoms with Gasteiger partial charge in [-0.2, -0.15) is 5.26 Å². The lowest BCUT2D eigenvalue weighted by molar-refractivity contribution is -0.115. The highest BCUT2D eigenvalue weighted by Gasteiger charge is 2.29. The van der Waals surface area contributed by atoms with Crippen molar-refractivity contribution in [1.29, 1.82) is 5.26 Å². The predicted octanol–water partition coefficient (Wildman–Crippen LogP) is 2.87. The number of nitrogens with zero attached hydrogens (tertiary/aromatic N) is 5. The second-order valence-electron chi connectivity index (χ2n) is 8.37. The first kappa shape index (κ1) is 24.3. The van der Waals surface area contributed by atoms with Gasteiger partial charge >= 0.3 is 0 Å². The van der Waals surface area contributed by atoms with Crippen LogP contribution in [0.3, 0.4) is 0 Å². The van der Waals surface area contributed by atoms with Gasteiger partial charge in [-0.05, 0) is 63.7 Å². The molecule has 8 nitrogen and oxygen atoms in total. The van der Waals surface area contributed by atoms with Crippen molar-refractivity contribution >= 4 is 29.9 Å². The van der Waals surface area contributed by atoms with Gasteiger partial charge in [0.15, 0.2) is 0 Å². The summed E-state index contributed by atoms with van der Waals surface area (Å²) < 4.78 is 0. The van der Waals surface area contributed by atoms with Crippen molar-refractivity contribution in [2.45, 2.75) is 45.6 Å². The Morgan fingerprint density at radius 1 is 1.33 bits per heavy atom. The molecule has 1 atom stereocenters. The molecule has 0 saturated carbocycles. The van der Waals surface area contributed by atoms with Crippen LogP contribution < -0.4 is 15.5 Å². The maximum atomic E-state index is 12.5. The Hall–Kier alpha value is -3.31. The maximum Gasteiger partial charge on any atom is 0.265 e. The molecular weight excluding hydrogens is 414 g/mol. The molecule has 2 N–H and O–H groups in total. The fourth-order valence-corrected chi connectivity index (χ4v) is 4.17. The zero-order chi connectivity index (χ0) is 23.5. The van der Waals surface area contributed by atoms with E-state index in [1.165, 1.54) is 11.9 Å². The number of amides is 1. The molecule has 8 heteroatoms. The summed E-state index contributed by atoms with van der Waals surface area (Å²) >= 11 is 0. The molecule has 1 saturated heterocycles. The lowest BCUT2D eigenvalue weighted by Gasteiger charge is -2.26. The summed E-state index contributed by atoms with van der Waals surface area (Å²) in [6, 6.07) is 10.6. The van der Waals surface area contributed by atoms with Crippen molar-refractivity contribution in [3.05, 3.63) is 41.7 Å². The Balaban J connectivity index is 1.72. The quantitative estimate of drug-likeness (QED) is 0.448. The largest absolute Gasteiger partial charge is 0.361 e. The van der Waals surface area contributed by atoms with Gasteiger partial charge in [0, 0.05) is 24.5 Å². The Morgan fingerprint density at radius 3 is 2.88 bits per heavy atom. The molecule has 2 aliphatic heterocycles. The number of benzene rings is 1. The van der Waals surface area contributed by atoms with Gasteiger partial charge in [-0.1, -0.05) is 18.2 Å². The van der Waals surface area contributed by atoms with Gasteiger partial charge < -0.3 is 15.5 Å². The van der Waals surface area contributed by atoms with E-state index in [4.69, 9.17) is 0 Å². The average Bonchev–Trinajstić information content (AvgIpc) is 3.18. The highest BCUT2D eigenvalue weighted by atomic mass is 16.1. The molecule has 3 rings (SSSR count). The molecule has 1 aromatic carbocycles. The molecule has 2 aliphatic rings. The fraction of sp³-hybridized carbons (Fsp3) is 0.480. The Morgan fingerprint density at radius 2 is 2.12 bits per heavy atom. The minimum absolute atomic E-state index is 0.0824. The summed E-state index contributed by atoms with van der Waals surface area (Å²) in [5.74, 6) is 0.353. The third-order valence-corrected chi connectivity index (χ3v) is 6.04. The summed E-state index contributed by atoms with van der Waals surface area (Å²) in [6.45, 7) is 6.70. The summed E-state index contributed by atoms with van der Waals surface area (Å²) in [4.78, 5) is 27.6. The standard InChI is InChI=1S/C25H33N7O/c1-3-27-18-31-22(16-29-19(2)25(33)30-15-20-9-12-28-13-10-20)17-32-23(8-11-26)14-21-6-4-5-7-24(21)32/h3-7,16,18,20,23,28H,8-10,12-15,17H2,1-2H3,(H,30,33)/b22-16+,27-3+,29-19+,31-18-. The molecule has 33 heavy (non-hydrogen) atoms. The molecule has 0 aliphatic carbocycles. The van der Waals surface area contributed by atoms with Crippen LogP contribution in [0.5, 0.6) is 0 Å². The van der Waals surface area contributed by atoms with E-state index in [0.717, 1.165) is 38.0 Å². The van der Waals surface area contributed by atoms with E-state index >= 15 is 0 Å². The van der Waals surface area contributed by atoms with E-state index in [1.807, 2.05) is 19.1 Å². The smallest absolute Gasteiger partial charge is 0.265 e. The Kier molecular flexibility index (Phi) is 9.33. The number of nitriles is 1. The maximum absolute atomic E-state index is 12.5. The highest BCUT2D eigenvalue weighted by Crippen LogP contribution is 2.33. The molecule has 0 aromatic heterocycles. The fourth-order valence-electron chi connectivity index (χ4n) is 4.17. The molecular formula is C25H33N7O. The minimum atomic E-state index is -0.159. The van der Waals surface area contributed by atoms with Crippen molar-refractivity contribution < 1.29 is 4.79 Å². The predicted molar refractivity (Wildman–Crippen MR) is 134 cm³/mol. The summed E-state index contributed by atoms with van der Waals surface area (Å²) in [7, 11) is 0. The lowest BCUT2D eigenvalue weighted by Crippen LogP contribution is -2.38.